The molecular weight excluding hydrogens is 261 g/mol. The van der Waals surface area contributed by atoms with Gasteiger partial charge in [0.25, 0.3) is 0 Å². The summed E-state index contributed by atoms with van der Waals surface area (Å²) in [6.07, 6.45) is 0. The first-order valence-electron chi connectivity index (χ1n) is 4.40. The highest BCUT2D eigenvalue weighted by atomic mass is 35.5. The molecule has 1 aliphatic carbocycles. The van der Waals surface area contributed by atoms with E-state index in [-0.39, 0.29) is 5.56 Å². The molecule has 0 spiro atoms. The molecule has 16 heavy (non-hydrogen) atoms. The summed E-state index contributed by atoms with van der Waals surface area (Å²) in [5.74, 6) is -4.56. The van der Waals surface area contributed by atoms with E-state index >= 15 is 0 Å². The highest BCUT2D eigenvalue weighted by Gasteiger charge is 2.68. The fraction of sp³-hybridized carbons (Fsp3) is 0.300. The summed E-state index contributed by atoms with van der Waals surface area (Å²) in [5, 5.41) is 8.80. The second kappa shape index (κ2) is 3.57. The van der Waals surface area contributed by atoms with E-state index in [0.717, 1.165) is 12.1 Å². The second-order valence-electron chi connectivity index (χ2n) is 3.67. The van der Waals surface area contributed by atoms with Gasteiger partial charge in [-0.3, -0.25) is 4.79 Å². The zero-order valence-corrected chi connectivity index (χ0v) is 9.27. The van der Waals surface area contributed by atoms with Gasteiger partial charge in [0.05, 0.1) is 5.92 Å². The SMILES string of the molecule is O=C(O)[C@H]1[C@H](c2cc(F)cc(F)c2)C1(Cl)Cl. The normalized spacial score (nSPS) is 26.5. The summed E-state index contributed by atoms with van der Waals surface area (Å²) >= 11 is 11.5. The number of carbonyl (C=O) groups is 1. The van der Waals surface area contributed by atoms with Crippen molar-refractivity contribution in [1.29, 1.82) is 0 Å². The largest absolute Gasteiger partial charge is 0.481 e. The minimum Gasteiger partial charge on any atom is -0.481 e. The Morgan fingerprint density at radius 1 is 1.25 bits per heavy atom. The smallest absolute Gasteiger partial charge is 0.310 e. The number of hydrogen-bond acceptors (Lipinski definition) is 1. The van der Waals surface area contributed by atoms with E-state index in [1.54, 1.807) is 0 Å². The Morgan fingerprint density at radius 3 is 2.12 bits per heavy atom. The van der Waals surface area contributed by atoms with E-state index in [1.165, 1.54) is 0 Å². The lowest BCUT2D eigenvalue weighted by Gasteiger charge is -2.00. The molecule has 0 aromatic heterocycles. The molecule has 0 aliphatic heterocycles. The molecule has 1 N–H and O–H groups in total. The van der Waals surface area contributed by atoms with Crippen molar-refractivity contribution in [2.45, 2.75) is 10.3 Å². The van der Waals surface area contributed by atoms with Crippen LogP contribution in [0.25, 0.3) is 0 Å². The van der Waals surface area contributed by atoms with Crippen LogP contribution < -0.4 is 0 Å². The highest BCUT2D eigenvalue weighted by Crippen LogP contribution is 2.65. The first-order chi connectivity index (χ1) is 7.34. The van der Waals surface area contributed by atoms with Crippen molar-refractivity contribution in [3.05, 3.63) is 35.4 Å². The lowest BCUT2D eigenvalue weighted by molar-refractivity contribution is -0.138. The molecule has 0 saturated heterocycles. The quantitative estimate of drug-likeness (QED) is 0.836. The summed E-state index contributed by atoms with van der Waals surface area (Å²) < 4.78 is 24.4. The molecule has 1 aliphatic rings. The number of rotatable bonds is 2. The van der Waals surface area contributed by atoms with Crippen LogP contribution in [0.1, 0.15) is 11.5 Å². The number of benzene rings is 1. The van der Waals surface area contributed by atoms with Gasteiger partial charge in [0, 0.05) is 12.0 Å². The molecule has 2 atom stereocenters. The molecule has 0 radical (unpaired) electrons. The molecule has 86 valence electrons. The van der Waals surface area contributed by atoms with Gasteiger partial charge in [0.15, 0.2) is 0 Å². The van der Waals surface area contributed by atoms with Crippen LogP contribution >= 0.6 is 23.2 Å². The fourth-order valence-corrected chi connectivity index (χ4v) is 2.62. The predicted octanol–water partition coefficient (Wildman–Crippen LogP) is 2.94. The fourth-order valence-electron chi connectivity index (χ4n) is 1.80. The molecule has 1 fully saturated rings. The van der Waals surface area contributed by atoms with Crippen LogP contribution in [-0.2, 0) is 4.79 Å². The van der Waals surface area contributed by atoms with Gasteiger partial charge in [-0.05, 0) is 17.7 Å². The monoisotopic (exact) mass is 266 g/mol. The topological polar surface area (TPSA) is 37.3 Å². The minimum atomic E-state index is -1.49. The number of aliphatic carboxylic acids is 1. The lowest BCUT2D eigenvalue weighted by Crippen LogP contribution is -2.03. The number of carboxylic acid groups (broad SMARTS) is 1. The third-order valence-electron chi connectivity index (χ3n) is 2.56. The molecular formula is C10H6Cl2F2O2. The van der Waals surface area contributed by atoms with Crippen LogP contribution in [0, 0.1) is 17.6 Å². The zero-order chi connectivity index (χ0) is 12.1. The molecule has 0 unspecified atom stereocenters. The van der Waals surface area contributed by atoms with Crippen molar-refractivity contribution in [2.75, 3.05) is 0 Å². The molecule has 1 aromatic carbocycles. The summed E-state index contributed by atoms with van der Waals surface area (Å²) in [6, 6.07) is 2.78. The Labute approximate surface area is 99.8 Å². The van der Waals surface area contributed by atoms with Gasteiger partial charge in [-0.2, -0.15) is 0 Å². The molecule has 1 saturated carbocycles. The van der Waals surface area contributed by atoms with E-state index in [4.69, 9.17) is 28.3 Å². The van der Waals surface area contributed by atoms with Gasteiger partial charge in [0.1, 0.15) is 16.0 Å². The molecule has 2 nitrogen and oxygen atoms in total. The zero-order valence-electron chi connectivity index (χ0n) is 7.75. The first-order valence-corrected chi connectivity index (χ1v) is 5.16. The van der Waals surface area contributed by atoms with Gasteiger partial charge in [-0.15, -0.1) is 0 Å². The third-order valence-corrected chi connectivity index (χ3v) is 3.50. The Balaban J connectivity index is 2.37. The average molecular weight is 267 g/mol. The van der Waals surface area contributed by atoms with Crippen molar-refractivity contribution >= 4 is 29.2 Å². The molecule has 0 heterocycles. The second-order valence-corrected chi connectivity index (χ2v) is 5.12. The van der Waals surface area contributed by atoms with Crippen molar-refractivity contribution in [1.82, 2.24) is 0 Å². The summed E-state index contributed by atoms with van der Waals surface area (Å²) in [5.41, 5.74) is 0.162. The number of carboxylic acids is 1. The van der Waals surface area contributed by atoms with Gasteiger partial charge in [-0.25, -0.2) is 8.78 Å². The van der Waals surface area contributed by atoms with Crippen molar-refractivity contribution in [2.24, 2.45) is 5.92 Å². The van der Waals surface area contributed by atoms with E-state index in [0.29, 0.717) is 6.07 Å². The van der Waals surface area contributed by atoms with E-state index in [2.05, 4.69) is 0 Å². The maximum Gasteiger partial charge on any atom is 0.310 e. The summed E-state index contributed by atoms with van der Waals surface area (Å²) in [4.78, 5) is 10.8. The van der Waals surface area contributed by atoms with Gasteiger partial charge in [-0.1, -0.05) is 23.2 Å². The van der Waals surface area contributed by atoms with Crippen LogP contribution in [0.5, 0.6) is 0 Å². The first kappa shape index (κ1) is 11.6. The van der Waals surface area contributed by atoms with Gasteiger partial charge in [0.2, 0.25) is 0 Å². The van der Waals surface area contributed by atoms with Crippen molar-refractivity contribution in [3.63, 3.8) is 0 Å². The number of alkyl halides is 2. The molecule has 2 rings (SSSR count). The maximum atomic E-state index is 12.9. The number of hydrogen-bond donors (Lipinski definition) is 1. The Bertz CT molecular complexity index is 442. The van der Waals surface area contributed by atoms with Crippen molar-refractivity contribution < 1.29 is 18.7 Å². The molecule has 6 heteroatoms. The highest BCUT2D eigenvalue weighted by molar-refractivity contribution is 6.53. The average Bonchev–Trinajstić information content (AvgIpc) is 2.67. The molecule has 1 aromatic rings. The Morgan fingerprint density at radius 2 is 1.75 bits per heavy atom. The van der Waals surface area contributed by atoms with Crippen LogP contribution in [0.3, 0.4) is 0 Å². The van der Waals surface area contributed by atoms with Crippen LogP contribution in [0.15, 0.2) is 18.2 Å². The van der Waals surface area contributed by atoms with E-state index in [1.807, 2.05) is 0 Å². The number of halogens is 4. The standard InChI is InChI=1S/C10H6Cl2F2O2/c11-10(12)7(8(10)9(15)16)4-1-5(13)3-6(14)2-4/h1-3,7-8H,(H,15,16)/t7-,8+/m0/s1. The minimum absolute atomic E-state index is 0.162. The summed E-state index contributed by atoms with van der Waals surface area (Å²) in [7, 11) is 0. The van der Waals surface area contributed by atoms with Gasteiger partial charge < -0.3 is 5.11 Å². The molecule has 0 amide bonds. The maximum absolute atomic E-state index is 12.9. The summed E-state index contributed by atoms with van der Waals surface area (Å²) in [6.45, 7) is 0. The van der Waals surface area contributed by atoms with Crippen LogP contribution in [0.4, 0.5) is 8.78 Å². The predicted molar refractivity (Wildman–Crippen MR) is 54.7 cm³/mol. The third kappa shape index (κ3) is 1.76. The lowest BCUT2D eigenvalue weighted by atomic mass is 10.1. The Kier molecular flexibility index (Phi) is 2.59. The van der Waals surface area contributed by atoms with E-state index < -0.39 is 33.8 Å². The molecule has 0 bridgehead atoms. The van der Waals surface area contributed by atoms with Crippen LogP contribution in [0.2, 0.25) is 0 Å². The Hall–Kier alpha value is -0.870. The van der Waals surface area contributed by atoms with Gasteiger partial charge >= 0.3 is 5.97 Å². The van der Waals surface area contributed by atoms with Crippen LogP contribution in [-0.4, -0.2) is 15.4 Å². The van der Waals surface area contributed by atoms with Crippen molar-refractivity contribution in [3.8, 4) is 0 Å². The van der Waals surface area contributed by atoms with E-state index in [9.17, 15) is 13.6 Å².